The van der Waals surface area contributed by atoms with Gasteiger partial charge in [-0.3, -0.25) is 4.57 Å². The van der Waals surface area contributed by atoms with Crippen molar-refractivity contribution in [3.63, 3.8) is 0 Å². The van der Waals surface area contributed by atoms with E-state index < -0.39 is 0 Å². The van der Waals surface area contributed by atoms with Crippen molar-refractivity contribution in [3.05, 3.63) is 50.1 Å². The highest BCUT2D eigenvalue weighted by atomic mass is 79.9. The molecule has 3 nitrogen and oxygen atoms in total. The van der Waals surface area contributed by atoms with Crippen molar-refractivity contribution in [1.82, 2.24) is 9.55 Å². The summed E-state index contributed by atoms with van der Waals surface area (Å²) in [5.74, 6) is -0.105. The second-order valence-corrected chi connectivity index (χ2v) is 6.27. The third-order valence-electron chi connectivity index (χ3n) is 2.88. The molecule has 1 heterocycles. The summed E-state index contributed by atoms with van der Waals surface area (Å²) < 4.78 is 16.4. The summed E-state index contributed by atoms with van der Waals surface area (Å²) in [6.07, 6.45) is 0. The van der Waals surface area contributed by atoms with Gasteiger partial charge in [0.05, 0.1) is 26.2 Å². The number of halogens is 4. The van der Waals surface area contributed by atoms with Crippen molar-refractivity contribution in [2.75, 3.05) is 5.73 Å². The first-order chi connectivity index (χ1) is 9.47. The Hall–Kier alpha value is -1.11. The van der Waals surface area contributed by atoms with Gasteiger partial charge in [-0.2, -0.15) is 0 Å². The molecule has 0 bridgehead atoms. The van der Waals surface area contributed by atoms with E-state index in [1.54, 1.807) is 16.7 Å². The van der Waals surface area contributed by atoms with E-state index in [2.05, 4.69) is 36.8 Å². The molecule has 0 spiro atoms. The number of imidazole rings is 1. The molecule has 0 radical (unpaired) electrons. The van der Waals surface area contributed by atoms with Crippen LogP contribution in [0, 0.1) is 5.82 Å². The standard InChI is InChI=1S/C13H7Br2ClFN3/c14-7-2-1-6(3-9(7)16)20-12-4-8(15)10(17)5-11(12)19-13(20)18/h1-5H,(H2,18,19). The molecule has 2 N–H and O–H groups in total. The molecule has 3 aromatic rings. The maximum atomic E-state index is 13.5. The van der Waals surface area contributed by atoms with Crippen LogP contribution < -0.4 is 5.73 Å². The van der Waals surface area contributed by atoms with Crippen molar-refractivity contribution in [2.45, 2.75) is 0 Å². The molecule has 0 fully saturated rings. The van der Waals surface area contributed by atoms with Gasteiger partial charge in [-0.15, -0.1) is 0 Å². The minimum atomic E-state index is -0.379. The summed E-state index contributed by atoms with van der Waals surface area (Å²) in [6, 6.07) is 8.42. The molecule has 0 aliphatic heterocycles. The van der Waals surface area contributed by atoms with Crippen LogP contribution >= 0.6 is 43.5 Å². The van der Waals surface area contributed by atoms with E-state index in [9.17, 15) is 4.39 Å². The minimum absolute atomic E-state index is 0.274. The molecule has 0 saturated heterocycles. The summed E-state index contributed by atoms with van der Waals surface area (Å²) in [7, 11) is 0. The molecule has 3 rings (SSSR count). The Kier molecular flexibility index (Phi) is 3.48. The van der Waals surface area contributed by atoms with Gasteiger partial charge in [0.15, 0.2) is 0 Å². The predicted octanol–water partition coefficient (Wildman–Crippen LogP) is 4.93. The second-order valence-electron chi connectivity index (χ2n) is 4.16. The van der Waals surface area contributed by atoms with Gasteiger partial charge < -0.3 is 5.73 Å². The van der Waals surface area contributed by atoms with E-state index in [0.29, 0.717) is 20.5 Å². The van der Waals surface area contributed by atoms with Gasteiger partial charge in [-0.1, -0.05) is 11.6 Å². The minimum Gasteiger partial charge on any atom is -0.369 e. The number of hydrogen-bond donors (Lipinski definition) is 1. The van der Waals surface area contributed by atoms with Crippen LogP contribution in [-0.2, 0) is 0 Å². The number of fused-ring (bicyclic) bond motifs is 1. The Morgan fingerprint density at radius 1 is 1.15 bits per heavy atom. The zero-order valence-electron chi connectivity index (χ0n) is 9.87. The first-order valence-corrected chi connectivity index (χ1v) is 7.52. The number of hydrogen-bond acceptors (Lipinski definition) is 2. The van der Waals surface area contributed by atoms with Crippen LogP contribution in [0.1, 0.15) is 0 Å². The Balaban J connectivity index is 2.32. The van der Waals surface area contributed by atoms with E-state index in [4.69, 9.17) is 17.3 Å². The topological polar surface area (TPSA) is 43.8 Å². The number of anilines is 1. The van der Waals surface area contributed by atoms with E-state index in [0.717, 1.165) is 10.2 Å². The maximum absolute atomic E-state index is 13.5. The van der Waals surface area contributed by atoms with Crippen molar-refractivity contribution < 1.29 is 4.39 Å². The fourth-order valence-corrected chi connectivity index (χ4v) is 2.74. The number of nitrogen functional groups attached to an aromatic ring is 1. The predicted molar refractivity (Wildman–Crippen MR) is 85.9 cm³/mol. The van der Waals surface area contributed by atoms with Crippen molar-refractivity contribution in [3.8, 4) is 5.69 Å². The lowest BCUT2D eigenvalue weighted by atomic mass is 10.2. The molecule has 2 aromatic carbocycles. The second kappa shape index (κ2) is 5.02. The number of aromatic nitrogens is 2. The van der Waals surface area contributed by atoms with Crippen molar-refractivity contribution in [1.29, 1.82) is 0 Å². The van der Waals surface area contributed by atoms with E-state index in [1.807, 2.05) is 12.1 Å². The van der Waals surface area contributed by atoms with Crippen molar-refractivity contribution >= 4 is 60.4 Å². The lowest BCUT2D eigenvalue weighted by Crippen LogP contribution is -2.00. The Bertz CT molecular complexity index is 832. The van der Waals surface area contributed by atoms with Crippen molar-refractivity contribution in [2.24, 2.45) is 0 Å². The number of benzene rings is 2. The molecule has 20 heavy (non-hydrogen) atoms. The van der Waals surface area contributed by atoms with Crippen LogP contribution in [0.3, 0.4) is 0 Å². The molecule has 0 saturated carbocycles. The highest BCUT2D eigenvalue weighted by Gasteiger charge is 2.13. The zero-order valence-corrected chi connectivity index (χ0v) is 13.8. The molecular formula is C13H7Br2ClFN3. The molecule has 7 heteroatoms. The SMILES string of the molecule is Nc1nc2cc(F)c(Br)cc2n1-c1ccc(Br)c(Cl)c1. The summed E-state index contributed by atoms with van der Waals surface area (Å²) in [6.45, 7) is 0. The smallest absolute Gasteiger partial charge is 0.205 e. The van der Waals surface area contributed by atoms with Crippen LogP contribution in [0.15, 0.2) is 39.3 Å². The highest BCUT2D eigenvalue weighted by Crippen LogP contribution is 2.31. The third-order valence-corrected chi connectivity index (χ3v) is 4.72. The van der Waals surface area contributed by atoms with Crippen LogP contribution in [0.25, 0.3) is 16.7 Å². The summed E-state index contributed by atoms with van der Waals surface area (Å²) in [5, 5.41) is 0.560. The number of nitrogens with two attached hydrogens (primary N) is 1. The van der Waals surface area contributed by atoms with E-state index in [1.165, 1.54) is 6.07 Å². The first-order valence-electron chi connectivity index (χ1n) is 5.56. The van der Waals surface area contributed by atoms with Gasteiger partial charge in [0, 0.05) is 10.5 Å². The van der Waals surface area contributed by atoms with Crippen LogP contribution in [0.2, 0.25) is 5.02 Å². The molecule has 0 aliphatic rings. The average Bonchev–Trinajstić information content (AvgIpc) is 2.69. The van der Waals surface area contributed by atoms with Crippen LogP contribution in [-0.4, -0.2) is 9.55 Å². The van der Waals surface area contributed by atoms with Crippen LogP contribution in [0.5, 0.6) is 0 Å². The molecule has 0 atom stereocenters. The van der Waals surface area contributed by atoms with Gasteiger partial charge in [-0.25, -0.2) is 9.37 Å². The fourth-order valence-electron chi connectivity index (χ4n) is 1.99. The fraction of sp³-hybridized carbons (Fsp3) is 0. The summed E-state index contributed by atoms with van der Waals surface area (Å²) in [5.41, 5.74) is 7.88. The quantitative estimate of drug-likeness (QED) is 0.608. The van der Waals surface area contributed by atoms with Crippen LogP contribution in [0.4, 0.5) is 10.3 Å². The molecular weight excluding hydrogens is 412 g/mol. The van der Waals surface area contributed by atoms with E-state index in [-0.39, 0.29) is 11.8 Å². The zero-order chi connectivity index (χ0) is 14.4. The maximum Gasteiger partial charge on any atom is 0.205 e. The molecule has 102 valence electrons. The molecule has 1 aromatic heterocycles. The lowest BCUT2D eigenvalue weighted by Gasteiger charge is -2.08. The monoisotopic (exact) mass is 417 g/mol. The normalized spacial score (nSPS) is 11.2. The van der Waals surface area contributed by atoms with Gasteiger partial charge >= 0.3 is 0 Å². The number of rotatable bonds is 1. The van der Waals surface area contributed by atoms with E-state index >= 15 is 0 Å². The molecule has 0 unspecified atom stereocenters. The Labute approximate surface area is 135 Å². The molecule has 0 aliphatic carbocycles. The first kappa shape index (κ1) is 13.9. The summed E-state index contributed by atoms with van der Waals surface area (Å²) in [4.78, 5) is 4.17. The summed E-state index contributed by atoms with van der Waals surface area (Å²) >= 11 is 12.6. The average molecular weight is 419 g/mol. The number of nitrogens with zero attached hydrogens (tertiary/aromatic N) is 2. The Morgan fingerprint density at radius 3 is 2.60 bits per heavy atom. The van der Waals surface area contributed by atoms with Gasteiger partial charge in [0.1, 0.15) is 5.82 Å². The van der Waals surface area contributed by atoms with Gasteiger partial charge in [0.2, 0.25) is 5.95 Å². The molecule has 0 amide bonds. The third kappa shape index (κ3) is 2.21. The Morgan fingerprint density at radius 2 is 1.90 bits per heavy atom. The highest BCUT2D eigenvalue weighted by molar-refractivity contribution is 9.10. The van der Waals surface area contributed by atoms with Gasteiger partial charge in [-0.05, 0) is 56.1 Å². The lowest BCUT2D eigenvalue weighted by molar-refractivity contribution is 0.623. The van der Waals surface area contributed by atoms with Gasteiger partial charge in [0.25, 0.3) is 0 Å². The largest absolute Gasteiger partial charge is 0.369 e.